The number of benzene rings is 1. The van der Waals surface area contributed by atoms with E-state index in [-0.39, 0.29) is 6.10 Å². The Hall–Kier alpha value is 0.350. The Balaban J connectivity index is 1.94. The minimum absolute atomic E-state index is 0.148. The third kappa shape index (κ3) is 3.91. The van der Waals surface area contributed by atoms with E-state index in [0.717, 1.165) is 28.3 Å². The molecule has 0 aliphatic carbocycles. The van der Waals surface area contributed by atoms with E-state index >= 15 is 0 Å². The van der Waals surface area contributed by atoms with E-state index in [9.17, 15) is 0 Å². The van der Waals surface area contributed by atoms with Crippen molar-refractivity contribution in [1.82, 2.24) is 0 Å². The van der Waals surface area contributed by atoms with Crippen LogP contribution in [0.2, 0.25) is 0 Å². The first-order chi connectivity index (χ1) is 8.31. The molecule has 0 N–H and O–H groups in total. The molecular formula is C13H16BrIO2. The molecule has 1 aliphatic rings. The fourth-order valence-corrected chi connectivity index (χ4v) is 3.22. The van der Waals surface area contributed by atoms with Crippen LogP contribution in [0.25, 0.3) is 0 Å². The van der Waals surface area contributed by atoms with Crippen LogP contribution in [-0.4, -0.2) is 23.7 Å². The van der Waals surface area contributed by atoms with Crippen molar-refractivity contribution in [2.45, 2.75) is 25.0 Å². The van der Waals surface area contributed by atoms with Gasteiger partial charge in [-0.2, -0.15) is 0 Å². The van der Waals surface area contributed by atoms with Gasteiger partial charge in [-0.1, -0.05) is 56.7 Å². The van der Waals surface area contributed by atoms with Crippen LogP contribution in [0.5, 0.6) is 0 Å². The monoisotopic (exact) mass is 410 g/mol. The van der Waals surface area contributed by atoms with E-state index in [1.165, 1.54) is 5.56 Å². The van der Waals surface area contributed by atoms with Crippen LogP contribution in [0.4, 0.5) is 0 Å². The molecule has 1 aromatic rings. The molecule has 1 fully saturated rings. The highest BCUT2D eigenvalue weighted by Crippen LogP contribution is 2.28. The number of hydrogen-bond donors (Lipinski definition) is 0. The summed E-state index contributed by atoms with van der Waals surface area (Å²) in [5, 5.41) is 0. The normalized spacial score (nSPS) is 21.6. The average Bonchev–Trinajstić information content (AvgIpc) is 2.85. The third-order valence-corrected chi connectivity index (χ3v) is 4.42. The van der Waals surface area contributed by atoms with Gasteiger partial charge in [-0.05, 0) is 24.5 Å². The summed E-state index contributed by atoms with van der Waals surface area (Å²) in [5.74, 6) is 0. The summed E-state index contributed by atoms with van der Waals surface area (Å²) in [6, 6.07) is 8.25. The summed E-state index contributed by atoms with van der Waals surface area (Å²) in [4.78, 5) is 0. The SMILES string of the molecule is Brc1ccccc1C(CI)OCC1CCCO1. The molecule has 0 saturated carbocycles. The first-order valence-electron chi connectivity index (χ1n) is 5.85. The summed E-state index contributed by atoms with van der Waals surface area (Å²) in [6.07, 6.45) is 2.74. The second-order valence-electron chi connectivity index (χ2n) is 4.13. The van der Waals surface area contributed by atoms with Crippen LogP contribution in [-0.2, 0) is 9.47 Å². The van der Waals surface area contributed by atoms with Gasteiger partial charge in [-0.3, -0.25) is 0 Å². The summed E-state index contributed by atoms with van der Waals surface area (Å²) >= 11 is 5.95. The number of hydrogen-bond acceptors (Lipinski definition) is 2. The molecule has 94 valence electrons. The molecule has 17 heavy (non-hydrogen) atoms. The standard InChI is InChI=1S/C13H16BrIO2/c14-12-6-2-1-5-11(12)13(8-15)17-9-10-4-3-7-16-10/h1-2,5-6,10,13H,3-4,7-9H2. The molecule has 1 aliphatic heterocycles. The maximum absolute atomic E-state index is 5.98. The highest BCUT2D eigenvalue weighted by molar-refractivity contribution is 14.1. The van der Waals surface area contributed by atoms with Gasteiger partial charge in [-0.15, -0.1) is 0 Å². The van der Waals surface area contributed by atoms with Crippen LogP contribution in [0.15, 0.2) is 28.7 Å². The van der Waals surface area contributed by atoms with Crippen molar-refractivity contribution in [2.24, 2.45) is 0 Å². The molecule has 0 amide bonds. The largest absolute Gasteiger partial charge is 0.376 e. The van der Waals surface area contributed by atoms with E-state index in [4.69, 9.17) is 9.47 Å². The fraction of sp³-hybridized carbons (Fsp3) is 0.538. The van der Waals surface area contributed by atoms with Crippen molar-refractivity contribution in [3.05, 3.63) is 34.3 Å². The number of rotatable bonds is 5. The fourth-order valence-electron chi connectivity index (χ4n) is 1.95. The Morgan fingerprint density at radius 2 is 2.29 bits per heavy atom. The van der Waals surface area contributed by atoms with Gasteiger partial charge < -0.3 is 9.47 Å². The molecule has 4 heteroatoms. The topological polar surface area (TPSA) is 18.5 Å². The Kier molecular flexibility index (Phi) is 5.72. The number of halogens is 2. The minimum Gasteiger partial charge on any atom is -0.376 e. The maximum Gasteiger partial charge on any atom is 0.0926 e. The van der Waals surface area contributed by atoms with Gasteiger partial charge in [0.25, 0.3) is 0 Å². The molecule has 0 bridgehead atoms. The quantitative estimate of drug-likeness (QED) is 0.537. The number of ether oxygens (including phenoxy) is 2. The van der Waals surface area contributed by atoms with Crippen molar-refractivity contribution >= 4 is 38.5 Å². The van der Waals surface area contributed by atoms with E-state index < -0.39 is 0 Å². The molecule has 2 unspecified atom stereocenters. The third-order valence-electron chi connectivity index (χ3n) is 2.90. The van der Waals surface area contributed by atoms with E-state index in [2.05, 4.69) is 56.7 Å². The zero-order chi connectivity index (χ0) is 12.1. The Morgan fingerprint density at radius 3 is 2.94 bits per heavy atom. The predicted octanol–water partition coefficient (Wildman–Crippen LogP) is 4.12. The summed E-state index contributed by atoms with van der Waals surface area (Å²) in [6.45, 7) is 1.59. The smallest absolute Gasteiger partial charge is 0.0926 e. The highest BCUT2D eigenvalue weighted by Gasteiger charge is 2.19. The zero-order valence-electron chi connectivity index (χ0n) is 9.57. The van der Waals surface area contributed by atoms with Gasteiger partial charge in [0, 0.05) is 15.5 Å². The van der Waals surface area contributed by atoms with Gasteiger partial charge in [-0.25, -0.2) is 0 Å². The molecule has 2 rings (SSSR count). The lowest BCUT2D eigenvalue weighted by Crippen LogP contribution is -2.17. The highest BCUT2D eigenvalue weighted by atomic mass is 127. The Bertz CT molecular complexity index is 353. The van der Waals surface area contributed by atoms with Gasteiger partial charge in [0.15, 0.2) is 0 Å². The van der Waals surface area contributed by atoms with E-state index in [1.807, 2.05) is 6.07 Å². The molecule has 1 aromatic carbocycles. The zero-order valence-corrected chi connectivity index (χ0v) is 13.3. The van der Waals surface area contributed by atoms with Crippen LogP contribution in [0.1, 0.15) is 24.5 Å². The van der Waals surface area contributed by atoms with Crippen molar-refractivity contribution in [3.8, 4) is 0 Å². The lowest BCUT2D eigenvalue weighted by Gasteiger charge is -2.19. The molecule has 2 atom stereocenters. The Morgan fingerprint density at radius 1 is 1.47 bits per heavy atom. The lowest BCUT2D eigenvalue weighted by molar-refractivity contribution is -0.0124. The number of alkyl halides is 1. The van der Waals surface area contributed by atoms with Gasteiger partial charge in [0.2, 0.25) is 0 Å². The van der Waals surface area contributed by atoms with Gasteiger partial charge >= 0.3 is 0 Å². The van der Waals surface area contributed by atoms with Crippen LogP contribution >= 0.6 is 38.5 Å². The molecule has 1 heterocycles. The molecule has 0 aromatic heterocycles. The van der Waals surface area contributed by atoms with Crippen LogP contribution in [0.3, 0.4) is 0 Å². The first kappa shape index (κ1) is 13.8. The van der Waals surface area contributed by atoms with E-state index in [0.29, 0.717) is 12.7 Å². The van der Waals surface area contributed by atoms with Crippen molar-refractivity contribution in [1.29, 1.82) is 0 Å². The molecular weight excluding hydrogens is 395 g/mol. The predicted molar refractivity (Wildman–Crippen MR) is 80.7 cm³/mol. The van der Waals surface area contributed by atoms with E-state index in [1.54, 1.807) is 0 Å². The first-order valence-corrected chi connectivity index (χ1v) is 8.16. The second kappa shape index (κ2) is 7.07. The molecule has 2 nitrogen and oxygen atoms in total. The van der Waals surface area contributed by atoms with Crippen LogP contribution < -0.4 is 0 Å². The molecule has 0 radical (unpaired) electrons. The maximum atomic E-state index is 5.98. The van der Waals surface area contributed by atoms with Crippen molar-refractivity contribution in [2.75, 3.05) is 17.6 Å². The van der Waals surface area contributed by atoms with Crippen molar-refractivity contribution in [3.63, 3.8) is 0 Å². The lowest BCUT2D eigenvalue weighted by atomic mass is 10.1. The summed E-state index contributed by atoms with van der Waals surface area (Å²) in [5.41, 5.74) is 1.22. The second-order valence-corrected chi connectivity index (χ2v) is 5.87. The summed E-state index contributed by atoms with van der Waals surface area (Å²) < 4.78 is 13.6. The van der Waals surface area contributed by atoms with Crippen LogP contribution in [0, 0.1) is 0 Å². The average molecular weight is 411 g/mol. The summed E-state index contributed by atoms with van der Waals surface area (Å²) in [7, 11) is 0. The Labute approximate surface area is 124 Å². The molecule has 1 saturated heterocycles. The molecule has 0 spiro atoms. The van der Waals surface area contributed by atoms with Gasteiger partial charge in [0.05, 0.1) is 18.8 Å². The minimum atomic E-state index is 0.148. The van der Waals surface area contributed by atoms with Gasteiger partial charge in [0.1, 0.15) is 0 Å². The van der Waals surface area contributed by atoms with Crippen molar-refractivity contribution < 1.29 is 9.47 Å².